The highest BCUT2D eigenvalue weighted by molar-refractivity contribution is 5.20. The summed E-state index contributed by atoms with van der Waals surface area (Å²) in [4.78, 5) is 0. The smallest absolute Gasteiger partial charge is 0.158 e. The maximum absolute atomic E-state index is 5.69. The Morgan fingerprint density at radius 1 is 1.27 bits per heavy atom. The van der Waals surface area contributed by atoms with Crippen LogP contribution in [0, 0.1) is 6.92 Å². The molecule has 0 bridgehead atoms. The second-order valence-electron chi connectivity index (χ2n) is 4.09. The molecule has 1 fully saturated rings. The van der Waals surface area contributed by atoms with Gasteiger partial charge in [0.05, 0.1) is 6.61 Å². The van der Waals surface area contributed by atoms with Gasteiger partial charge in [0.25, 0.3) is 0 Å². The topological polar surface area (TPSA) is 18.5 Å². The molecule has 0 spiro atoms. The number of hydrogen-bond acceptors (Lipinski definition) is 2. The molecule has 82 valence electrons. The highest BCUT2D eigenvalue weighted by Crippen LogP contribution is 2.15. The fourth-order valence-corrected chi connectivity index (χ4v) is 1.72. The van der Waals surface area contributed by atoms with Gasteiger partial charge < -0.3 is 9.47 Å². The standard InChI is InChI=1S/C13H18O2/c1-11-5-7-12(8-6-11)10-15-13-4-2-3-9-14-13/h5-8,13H,2-4,9-10H2,1H3. The summed E-state index contributed by atoms with van der Waals surface area (Å²) < 4.78 is 11.2. The molecule has 15 heavy (non-hydrogen) atoms. The zero-order chi connectivity index (χ0) is 10.5. The van der Waals surface area contributed by atoms with Crippen LogP contribution in [0.1, 0.15) is 30.4 Å². The number of hydrogen-bond donors (Lipinski definition) is 0. The van der Waals surface area contributed by atoms with Crippen LogP contribution < -0.4 is 0 Å². The van der Waals surface area contributed by atoms with Crippen LogP contribution >= 0.6 is 0 Å². The first-order valence-electron chi connectivity index (χ1n) is 5.63. The van der Waals surface area contributed by atoms with E-state index in [-0.39, 0.29) is 6.29 Å². The molecule has 1 heterocycles. The van der Waals surface area contributed by atoms with E-state index in [2.05, 4.69) is 31.2 Å². The summed E-state index contributed by atoms with van der Waals surface area (Å²) >= 11 is 0. The van der Waals surface area contributed by atoms with Gasteiger partial charge in [0, 0.05) is 6.61 Å². The van der Waals surface area contributed by atoms with Crippen molar-refractivity contribution in [3.8, 4) is 0 Å². The van der Waals surface area contributed by atoms with E-state index in [0.717, 1.165) is 13.0 Å². The molecule has 0 aliphatic carbocycles. The predicted octanol–water partition coefficient (Wildman–Crippen LogP) is 3.04. The normalized spacial score (nSPS) is 21.5. The highest BCUT2D eigenvalue weighted by atomic mass is 16.7. The van der Waals surface area contributed by atoms with Crippen molar-refractivity contribution in [3.63, 3.8) is 0 Å². The van der Waals surface area contributed by atoms with Gasteiger partial charge in [-0.1, -0.05) is 29.8 Å². The number of aryl methyl sites for hydroxylation is 1. The molecule has 2 rings (SSSR count). The number of rotatable bonds is 3. The Bertz CT molecular complexity index is 286. The van der Waals surface area contributed by atoms with Crippen molar-refractivity contribution in [1.29, 1.82) is 0 Å². The third-order valence-corrected chi connectivity index (χ3v) is 2.69. The summed E-state index contributed by atoms with van der Waals surface area (Å²) in [6, 6.07) is 8.44. The van der Waals surface area contributed by atoms with E-state index < -0.39 is 0 Å². The molecule has 0 amide bonds. The van der Waals surface area contributed by atoms with E-state index in [4.69, 9.17) is 9.47 Å². The van der Waals surface area contributed by atoms with E-state index in [1.54, 1.807) is 0 Å². The molecule has 2 nitrogen and oxygen atoms in total. The Balaban J connectivity index is 1.79. The van der Waals surface area contributed by atoms with Crippen LogP contribution in [0.25, 0.3) is 0 Å². The molecule has 1 saturated heterocycles. The molecule has 1 aromatic carbocycles. The van der Waals surface area contributed by atoms with Crippen molar-refractivity contribution >= 4 is 0 Å². The summed E-state index contributed by atoms with van der Waals surface area (Å²) in [5, 5.41) is 0. The first-order chi connectivity index (χ1) is 7.34. The van der Waals surface area contributed by atoms with Crippen LogP contribution in [-0.4, -0.2) is 12.9 Å². The predicted molar refractivity (Wildman–Crippen MR) is 59.6 cm³/mol. The van der Waals surface area contributed by atoms with Gasteiger partial charge in [0.2, 0.25) is 0 Å². The maximum Gasteiger partial charge on any atom is 0.158 e. The Morgan fingerprint density at radius 3 is 2.73 bits per heavy atom. The maximum atomic E-state index is 5.69. The van der Waals surface area contributed by atoms with Gasteiger partial charge in [-0.05, 0) is 31.7 Å². The van der Waals surface area contributed by atoms with Crippen LogP contribution in [0.4, 0.5) is 0 Å². The number of benzene rings is 1. The van der Waals surface area contributed by atoms with Crippen molar-refractivity contribution < 1.29 is 9.47 Å². The minimum absolute atomic E-state index is 0.0139. The third kappa shape index (κ3) is 3.33. The Labute approximate surface area is 91.2 Å². The molecule has 0 radical (unpaired) electrons. The Kier molecular flexibility index (Phi) is 3.75. The highest BCUT2D eigenvalue weighted by Gasteiger charge is 2.13. The third-order valence-electron chi connectivity index (χ3n) is 2.69. The minimum Gasteiger partial charge on any atom is -0.353 e. The summed E-state index contributed by atoms with van der Waals surface area (Å²) in [7, 11) is 0. The van der Waals surface area contributed by atoms with Crippen molar-refractivity contribution in [3.05, 3.63) is 35.4 Å². The monoisotopic (exact) mass is 206 g/mol. The van der Waals surface area contributed by atoms with Crippen molar-refractivity contribution in [2.45, 2.75) is 39.1 Å². The second-order valence-corrected chi connectivity index (χ2v) is 4.09. The van der Waals surface area contributed by atoms with Gasteiger partial charge >= 0.3 is 0 Å². The van der Waals surface area contributed by atoms with Gasteiger partial charge in [-0.25, -0.2) is 0 Å². The lowest BCUT2D eigenvalue weighted by Crippen LogP contribution is -2.21. The summed E-state index contributed by atoms with van der Waals surface area (Å²) in [6.07, 6.45) is 3.44. The molecular formula is C13H18O2. The fourth-order valence-electron chi connectivity index (χ4n) is 1.72. The van der Waals surface area contributed by atoms with Crippen LogP contribution in [0.2, 0.25) is 0 Å². The first-order valence-corrected chi connectivity index (χ1v) is 5.63. The van der Waals surface area contributed by atoms with Crippen LogP contribution in [0.15, 0.2) is 24.3 Å². The molecule has 1 aliphatic rings. The van der Waals surface area contributed by atoms with Gasteiger partial charge in [-0.3, -0.25) is 0 Å². The van der Waals surface area contributed by atoms with Gasteiger partial charge in [-0.2, -0.15) is 0 Å². The molecule has 1 aliphatic heterocycles. The molecule has 0 N–H and O–H groups in total. The van der Waals surface area contributed by atoms with Crippen molar-refractivity contribution in [1.82, 2.24) is 0 Å². The number of ether oxygens (including phenoxy) is 2. The fraction of sp³-hybridized carbons (Fsp3) is 0.538. The average molecular weight is 206 g/mol. The second kappa shape index (κ2) is 5.29. The van der Waals surface area contributed by atoms with E-state index in [1.165, 1.54) is 24.0 Å². The zero-order valence-corrected chi connectivity index (χ0v) is 9.24. The van der Waals surface area contributed by atoms with Crippen LogP contribution in [-0.2, 0) is 16.1 Å². The molecule has 0 saturated carbocycles. The summed E-state index contributed by atoms with van der Waals surface area (Å²) in [6.45, 7) is 3.60. The van der Waals surface area contributed by atoms with Gasteiger partial charge in [0.15, 0.2) is 6.29 Å². The molecular weight excluding hydrogens is 188 g/mol. The molecule has 1 aromatic rings. The Hall–Kier alpha value is -0.860. The zero-order valence-electron chi connectivity index (χ0n) is 9.24. The quantitative estimate of drug-likeness (QED) is 0.756. The lowest BCUT2D eigenvalue weighted by atomic mass is 10.1. The lowest BCUT2D eigenvalue weighted by Gasteiger charge is -2.22. The van der Waals surface area contributed by atoms with Crippen molar-refractivity contribution in [2.24, 2.45) is 0 Å². The largest absolute Gasteiger partial charge is 0.353 e. The van der Waals surface area contributed by atoms with Gasteiger partial charge in [0.1, 0.15) is 0 Å². The Morgan fingerprint density at radius 2 is 2.07 bits per heavy atom. The van der Waals surface area contributed by atoms with E-state index in [1.807, 2.05) is 0 Å². The van der Waals surface area contributed by atoms with E-state index in [0.29, 0.717) is 6.61 Å². The average Bonchev–Trinajstić information content (AvgIpc) is 2.30. The SMILES string of the molecule is Cc1ccc(COC2CCCCO2)cc1. The van der Waals surface area contributed by atoms with Crippen molar-refractivity contribution in [2.75, 3.05) is 6.61 Å². The minimum atomic E-state index is 0.0139. The van der Waals surface area contributed by atoms with Crippen LogP contribution in [0.3, 0.4) is 0 Å². The first kappa shape index (κ1) is 10.7. The van der Waals surface area contributed by atoms with E-state index >= 15 is 0 Å². The summed E-state index contributed by atoms with van der Waals surface area (Å²) in [5.74, 6) is 0. The molecule has 2 heteroatoms. The van der Waals surface area contributed by atoms with Gasteiger partial charge in [-0.15, -0.1) is 0 Å². The lowest BCUT2D eigenvalue weighted by molar-refractivity contribution is -0.168. The summed E-state index contributed by atoms with van der Waals surface area (Å²) in [5.41, 5.74) is 2.50. The van der Waals surface area contributed by atoms with E-state index in [9.17, 15) is 0 Å². The van der Waals surface area contributed by atoms with Crippen LogP contribution in [0.5, 0.6) is 0 Å². The molecule has 1 atom stereocenters. The molecule has 1 unspecified atom stereocenters. The molecule has 0 aromatic heterocycles.